The van der Waals surface area contributed by atoms with Gasteiger partial charge in [0.15, 0.2) is 17.5 Å². The van der Waals surface area contributed by atoms with Crippen LogP contribution in [-0.2, 0) is 0 Å². The topological polar surface area (TPSA) is 38.7 Å². The molecule has 0 saturated heterocycles. The Balaban J connectivity index is 1.31. The number of thiophene rings is 3. The summed E-state index contributed by atoms with van der Waals surface area (Å²) in [5.74, 6) is 2.03. The van der Waals surface area contributed by atoms with Crippen LogP contribution < -0.4 is 0 Å². The average molecular weight is 678 g/mol. The average Bonchev–Trinajstić information content (AvgIpc) is 3.87. The summed E-state index contributed by atoms with van der Waals surface area (Å²) < 4.78 is 7.84. The molecule has 0 aliphatic carbocycles. The molecule has 0 amide bonds. The fourth-order valence-electron chi connectivity index (χ4n) is 7.37. The van der Waals surface area contributed by atoms with Gasteiger partial charge in [-0.15, -0.1) is 34.0 Å². The van der Waals surface area contributed by atoms with Crippen LogP contribution in [0.3, 0.4) is 0 Å². The molecule has 49 heavy (non-hydrogen) atoms. The highest BCUT2D eigenvalue weighted by molar-refractivity contribution is 7.31. The number of nitrogens with zero attached hydrogens (tertiary/aromatic N) is 3. The van der Waals surface area contributed by atoms with E-state index in [4.69, 9.17) is 15.0 Å². The van der Waals surface area contributed by atoms with Gasteiger partial charge in [-0.05, 0) is 24.3 Å². The van der Waals surface area contributed by atoms with Gasteiger partial charge in [-0.25, -0.2) is 15.0 Å². The van der Waals surface area contributed by atoms with Crippen LogP contribution in [0.1, 0.15) is 0 Å². The smallest absolute Gasteiger partial charge is 0.165 e. The number of hydrogen-bond donors (Lipinski definition) is 0. The third kappa shape index (κ3) is 4.02. The third-order valence-electron chi connectivity index (χ3n) is 9.52. The quantitative estimate of drug-likeness (QED) is 0.187. The molecule has 7 aromatic carbocycles. The summed E-state index contributed by atoms with van der Waals surface area (Å²) in [7, 11) is 0. The molecule has 0 aliphatic heterocycles. The van der Waals surface area contributed by atoms with Crippen molar-refractivity contribution in [2.45, 2.75) is 0 Å². The van der Waals surface area contributed by atoms with E-state index in [1.807, 2.05) is 70.4 Å². The standard InChI is InChI=1S/C43H23N3S3/c1-3-12-24(13-4-1)41-44-42(25-14-5-2-6-15-25)46-43(45-41)30-19-11-18-28-36-35-29(22-23-33-34(35)26-16-7-9-20-31(26)47-33)39-37(40(36)49-38(28)30)27-17-8-10-21-32(27)48-39/h1-23H. The summed E-state index contributed by atoms with van der Waals surface area (Å²) in [6, 6.07) is 49.5. The van der Waals surface area contributed by atoms with Crippen LogP contribution in [0.4, 0.5) is 0 Å². The monoisotopic (exact) mass is 677 g/mol. The molecule has 0 unspecified atom stereocenters. The third-order valence-corrected chi connectivity index (χ3v) is 13.1. The van der Waals surface area contributed by atoms with Crippen LogP contribution in [0.5, 0.6) is 0 Å². The second kappa shape index (κ2) is 10.5. The highest BCUT2D eigenvalue weighted by atomic mass is 32.1. The first-order chi connectivity index (χ1) is 24.3. The highest BCUT2D eigenvalue weighted by Crippen LogP contribution is 2.53. The fourth-order valence-corrected chi connectivity index (χ4v) is 11.2. The van der Waals surface area contributed by atoms with Crippen molar-refractivity contribution in [2.75, 3.05) is 0 Å². The molecule has 0 aliphatic rings. The van der Waals surface area contributed by atoms with Crippen molar-refractivity contribution in [2.24, 2.45) is 0 Å². The minimum absolute atomic E-state index is 0.672. The summed E-state index contributed by atoms with van der Waals surface area (Å²) in [6.45, 7) is 0. The van der Waals surface area contributed by atoms with Gasteiger partial charge in [0, 0.05) is 88.0 Å². The van der Waals surface area contributed by atoms with Crippen LogP contribution in [0.15, 0.2) is 140 Å². The Morgan fingerprint density at radius 1 is 0.306 bits per heavy atom. The van der Waals surface area contributed by atoms with E-state index < -0.39 is 0 Å². The van der Waals surface area contributed by atoms with E-state index in [1.54, 1.807) is 0 Å². The maximum atomic E-state index is 5.16. The van der Waals surface area contributed by atoms with Gasteiger partial charge in [0.25, 0.3) is 0 Å². The molecular weight excluding hydrogens is 655 g/mol. The summed E-state index contributed by atoms with van der Waals surface area (Å²) in [6.07, 6.45) is 0. The van der Waals surface area contributed by atoms with Crippen molar-refractivity contribution >= 4 is 105 Å². The predicted octanol–water partition coefficient (Wildman–Crippen LogP) is 13.1. The van der Waals surface area contributed by atoms with E-state index in [0.29, 0.717) is 17.5 Å². The van der Waals surface area contributed by atoms with Crippen LogP contribution in [0.2, 0.25) is 0 Å². The van der Waals surface area contributed by atoms with Crippen LogP contribution in [0, 0.1) is 0 Å². The summed E-state index contributed by atoms with van der Waals surface area (Å²) in [5, 5.41) is 10.6. The lowest BCUT2D eigenvalue weighted by atomic mass is 9.96. The zero-order valence-corrected chi connectivity index (χ0v) is 28.3. The van der Waals surface area contributed by atoms with E-state index in [2.05, 4.69) is 103 Å². The maximum Gasteiger partial charge on any atom is 0.165 e. The van der Waals surface area contributed by atoms with E-state index in [9.17, 15) is 0 Å². The first kappa shape index (κ1) is 27.4. The van der Waals surface area contributed by atoms with Crippen molar-refractivity contribution in [3.8, 4) is 34.2 Å². The molecule has 0 radical (unpaired) electrons. The Bertz CT molecular complexity index is 3040. The molecule has 0 fully saturated rings. The molecule has 0 N–H and O–H groups in total. The maximum absolute atomic E-state index is 5.16. The highest BCUT2D eigenvalue weighted by Gasteiger charge is 2.23. The van der Waals surface area contributed by atoms with Gasteiger partial charge in [0.1, 0.15) is 0 Å². The van der Waals surface area contributed by atoms with Crippen molar-refractivity contribution in [3.05, 3.63) is 140 Å². The number of fused-ring (bicyclic) bond motifs is 14. The van der Waals surface area contributed by atoms with Gasteiger partial charge < -0.3 is 0 Å². The van der Waals surface area contributed by atoms with Crippen LogP contribution >= 0.6 is 34.0 Å². The first-order valence-electron chi connectivity index (χ1n) is 16.2. The van der Waals surface area contributed by atoms with Gasteiger partial charge in [-0.2, -0.15) is 0 Å². The van der Waals surface area contributed by atoms with Crippen LogP contribution in [0.25, 0.3) is 105 Å². The Hall–Kier alpha value is -5.53. The number of benzene rings is 7. The molecular formula is C43H23N3S3. The molecule has 0 saturated carbocycles. The van der Waals surface area contributed by atoms with Crippen molar-refractivity contribution < 1.29 is 0 Å². The van der Waals surface area contributed by atoms with Gasteiger partial charge in [0.2, 0.25) is 0 Å². The first-order valence-corrected chi connectivity index (χ1v) is 18.6. The minimum atomic E-state index is 0.672. The van der Waals surface area contributed by atoms with Crippen molar-refractivity contribution in [3.63, 3.8) is 0 Å². The molecule has 11 aromatic rings. The minimum Gasteiger partial charge on any atom is -0.208 e. The van der Waals surface area contributed by atoms with E-state index in [-0.39, 0.29) is 0 Å². The summed E-state index contributed by atoms with van der Waals surface area (Å²) >= 11 is 5.67. The molecule has 3 nitrogen and oxygen atoms in total. The van der Waals surface area contributed by atoms with Gasteiger partial charge in [-0.1, -0.05) is 115 Å². The predicted molar refractivity (Wildman–Crippen MR) is 212 cm³/mol. The summed E-state index contributed by atoms with van der Waals surface area (Å²) in [5.41, 5.74) is 2.96. The van der Waals surface area contributed by atoms with Gasteiger partial charge in [-0.3, -0.25) is 0 Å². The van der Waals surface area contributed by atoms with Crippen molar-refractivity contribution in [1.29, 1.82) is 0 Å². The molecule has 0 spiro atoms. The number of aromatic nitrogens is 3. The zero-order chi connectivity index (χ0) is 32.1. The lowest BCUT2D eigenvalue weighted by Crippen LogP contribution is -2.00. The van der Waals surface area contributed by atoms with Crippen molar-refractivity contribution in [1.82, 2.24) is 15.0 Å². The molecule has 0 atom stereocenters. The van der Waals surface area contributed by atoms with E-state index >= 15 is 0 Å². The molecule has 6 heteroatoms. The summed E-state index contributed by atoms with van der Waals surface area (Å²) in [4.78, 5) is 15.3. The van der Waals surface area contributed by atoms with Crippen LogP contribution in [-0.4, -0.2) is 15.0 Å². The molecule has 0 bridgehead atoms. The lowest BCUT2D eigenvalue weighted by Gasteiger charge is -2.09. The number of rotatable bonds is 3. The van der Waals surface area contributed by atoms with E-state index in [1.165, 1.54) is 71.3 Å². The Labute approximate surface area is 292 Å². The zero-order valence-electron chi connectivity index (χ0n) is 25.8. The second-order valence-electron chi connectivity index (χ2n) is 12.3. The molecule has 228 valence electrons. The largest absolute Gasteiger partial charge is 0.208 e. The van der Waals surface area contributed by atoms with Gasteiger partial charge >= 0.3 is 0 Å². The van der Waals surface area contributed by atoms with E-state index in [0.717, 1.165) is 16.7 Å². The fraction of sp³-hybridized carbons (Fsp3) is 0. The second-order valence-corrected chi connectivity index (χ2v) is 15.4. The SMILES string of the molecule is c1ccc(-c2nc(-c3ccccc3)nc(-c3cccc4c3sc3c5c6ccccc6sc5c5ccc6sc7ccccc7c6c5c43)n2)cc1. The molecule has 4 heterocycles. The number of hydrogen-bond acceptors (Lipinski definition) is 6. The Morgan fingerprint density at radius 3 is 1.59 bits per heavy atom. The Kier molecular flexibility index (Phi) is 5.87. The normalized spacial score (nSPS) is 12.1. The Morgan fingerprint density at radius 2 is 0.878 bits per heavy atom. The lowest BCUT2D eigenvalue weighted by molar-refractivity contribution is 1.08. The molecule has 11 rings (SSSR count). The van der Waals surface area contributed by atoms with Gasteiger partial charge in [0.05, 0.1) is 0 Å². The molecule has 4 aromatic heterocycles.